The van der Waals surface area contributed by atoms with Crippen LogP contribution in [0.4, 0.5) is 4.79 Å². The minimum Gasteiger partial charge on any atom is -0.493 e. The predicted octanol–water partition coefficient (Wildman–Crippen LogP) is 2.80. The van der Waals surface area contributed by atoms with Crippen LogP contribution in [0.5, 0.6) is 5.75 Å². The Morgan fingerprint density at radius 1 is 1.24 bits per heavy atom. The van der Waals surface area contributed by atoms with Crippen molar-refractivity contribution in [3.8, 4) is 17.1 Å². The molecule has 1 aromatic heterocycles. The number of hydrogen-bond acceptors (Lipinski definition) is 5. The molecule has 0 saturated heterocycles. The van der Waals surface area contributed by atoms with E-state index in [9.17, 15) is 4.79 Å². The van der Waals surface area contributed by atoms with Gasteiger partial charge in [-0.3, -0.25) is 0 Å². The van der Waals surface area contributed by atoms with E-state index in [1.165, 1.54) is 19.3 Å². The number of hydrogen-bond donors (Lipinski definition) is 2. The zero-order valence-electron chi connectivity index (χ0n) is 14.1. The molecule has 2 aromatic rings. The van der Waals surface area contributed by atoms with Crippen molar-refractivity contribution < 1.29 is 14.1 Å². The molecule has 1 fully saturated rings. The first kappa shape index (κ1) is 15.9. The number of fused-ring (bicyclic) bond motifs is 1. The van der Waals surface area contributed by atoms with Crippen LogP contribution in [-0.2, 0) is 13.0 Å². The molecule has 2 aliphatic rings. The maximum Gasteiger partial charge on any atom is 0.315 e. The van der Waals surface area contributed by atoms with Gasteiger partial charge in [0.2, 0.25) is 11.7 Å². The molecule has 4 rings (SSSR count). The molecule has 1 aliphatic carbocycles. The van der Waals surface area contributed by atoms with Gasteiger partial charge in [0.25, 0.3) is 0 Å². The second-order valence-electron chi connectivity index (χ2n) is 6.59. The van der Waals surface area contributed by atoms with E-state index < -0.39 is 0 Å². The Morgan fingerprint density at radius 3 is 3.00 bits per heavy atom. The number of rotatable bonds is 4. The molecule has 0 unspecified atom stereocenters. The van der Waals surface area contributed by atoms with E-state index in [4.69, 9.17) is 9.26 Å². The fourth-order valence-electron chi connectivity index (χ4n) is 3.41. The molecule has 132 valence electrons. The third kappa shape index (κ3) is 3.75. The highest BCUT2D eigenvalue weighted by Crippen LogP contribution is 2.29. The van der Waals surface area contributed by atoms with Crippen LogP contribution in [0.2, 0.25) is 0 Å². The Balaban J connectivity index is 1.33. The second-order valence-corrected chi connectivity index (χ2v) is 6.59. The van der Waals surface area contributed by atoms with Crippen LogP contribution in [0.3, 0.4) is 0 Å². The van der Waals surface area contributed by atoms with Crippen LogP contribution in [0.25, 0.3) is 11.4 Å². The summed E-state index contributed by atoms with van der Waals surface area (Å²) in [5.74, 6) is 1.85. The molecule has 0 bridgehead atoms. The van der Waals surface area contributed by atoms with Crippen molar-refractivity contribution in [2.45, 2.75) is 51.1 Å². The molecule has 2 amide bonds. The summed E-state index contributed by atoms with van der Waals surface area (Å²) in [4.78, 5) is 16.3. The number of ether oxygens (including phenoxy) is 1. The first-order valence-corrected chi connectivity index (χ1v) is 8.91. The van der Waals surface area contributed by atoms with E-state index in [-0.39, 0.29) is 18.6 Å². The number of benzene rings is 1. The second kappa shape index (κ2) is 7.13. The van der Waals surface area contributed by atoms with Crippen LogP contribution < -0.4 is 15.4 Å². The molecule has 0 atom stereocenters. The summed E-state index contributed by atoms with van der Waals surface area (Å²) in [7, 11) is 0. The molecule has 7 heteroatoms. The van der Waals surface area contributed by atoms with Crippen LogP contribution >= 0.6 is 0 Å². The van der Waals surface area contributed by atoms with Crippen molar-refractivity contribution in [2.24, 2.45) is 0 Å². The zero-order chi connectivity index (χ0) is 17.1. The number of aromatic nitrogens is 2. The van der Waals surface area contributed by atoms with Gasteiger partial charge < -0.3 is 19.9 Å². The molecule has 7 nitrogen and oxygen atoms in total. The van der Waals surface area contributed by atoms with E-state index >= 15 is 0 Å². The lowest BCUT2D eigenvalue weighted by Gasteiger charge is -2.22. The minimum atomic E-state index is -0.179. The average Bonchev–Trinajstić information content (AvgIpc) is 3.29. The summed E-state index contributed by atoms with van der Waals surface area (Å²) >= 11 is 0. The highest BCUT2D eigenvalue weighted by atomic mass is 16.5. The molecule has 2 N–H and O–H groups in total. The first-order chi connectivity index (χ1) is 12.3. The lowest BCUT2D eigenvalue weighted by Crippen LogP contribution is -2.42. The summed E-state index contributed by atoms with van der Waals surface area (Å²) < 4.78 is 10.7. The van der Waals surface area contributed by atoms with E-state index in [1.807, 2.05) is 18.2 Å². The third-order valence-corrected chi connectivity index (χ3v) is 4.76. The predicted molar refractivity (Wildman–Crippen MR) is 91.2 cm³/mol. The normalized spacial score (nSPS) is 17.0. The quantitative estimate of drug-likeness (QED) is 0.892. The van der Waals surface area contributed by atoms with Gasteiger partial charge in [0.15, 0.2) is 0 Å². The molecule has 1 aromatic carbocycles. The van der Waals surface area contributed by atoms with Crippen molar-refractivity contribution in [3.63, 3.8) is 0 Å². The fourth-order valence-corrected chi connectivity index (χ4v) is 3.41. The Bertz CT molecular complexity index is 753. The Labute approximate surface area is 146 Å². The summed E-state index contributed by atoms with van der Waals surface area (Å²) in [5.41, 5.74) is 2.06. The van der Waals surface area contributed by atoms with Crippen molar-refractivity contribution >= 4 is 6.03 Å². The highest BCUT2D eigenvalue weighted by molar-refractivity contribution is 5.74. The molecular weight excluding hydrogens is 320 g/mol. The molecule has 0 spiro atoms. The van der Waals surface area contributed by atoms with Gasteiger partial charge >= 0.3 is 6.03 Å². The average molecular weight is 342 g/mol. The highest BCUT2D eigenvalue weighted by Gasteiger charge is 2.17. The standard InChI is InChI=1S/C18H22N4O3/c23-18(20-14-4-2-1-3-5-14)19-11-16-21-17(22-25-16)13-6-7-15-12(10-13)8-9-24-15/h6-7,10,14H,1-5,8-9,11H2,(H2,19,20,23). The van der Waals surface area contributed by atoms with Gasteiger partial charge in [-0.2, -0.15) is 4.98 Å². The van der Waals surface area contributed by atoms with Crippen molar-refractivity contribution in [1.82, 2.24) is 20.8 Å². The number of urea groups is 1. The van der Waals surface area contributed by atoms with Crippen molar-refractivity contribution in [2.75, 3.05) is 6.61 Å². The van der Waals surface area contributed by atoms with Gasteiger partial charge in [0, 0.05) is 18.0 Å². The maximum absolute atomic E-state index is 12.0. The lowest BCUT2D eigenvalue weighted by atomic mass is 9.96. The Kier molecular flexibility index (Phi) is 4.54. The van der Waals surface area contributed by atoms with Crippen LogP contribution in [0.1, 0.15) is 43.6 Å². The molecule has 25 heavy (non-hydrogen) atoms. The minimum absolute atomic E-state index is 0.179. The number of amides is 2. The molecule has 2 heterocycles. The number of nitrogens with zero attached hydrogens (tertiary/aromatic N) is 2. The van der Waals surface area contributed by atoms with Gasteiger partial charge in [-0.05, 0) is 36.6 Å². The smallest absolute Gasteiger partial charge is 0.315 e. The van der Waals surface area contributed by atoms with E-state index in [2.05, 4.69) is 20.8 Å². The van der Waals surface area contributed by atoms with Gasteiger partial charge in [-0.25, -0.2) is 4.79 Å². The molecule has 1 saturated carbocycles. The Morgan fingerprint density at radius 2 is 2.12 bits per heavy atom. The molecule has 1 aliphatic heterocycles. The summed E-state index contributed by atoms with van der Waals surface area (Å²) in [5, 5.41) is 9.80. The summed E-state index contributed by atoms with van der Waals surface area (Å²) in [6.07, 6.45) is 6.64. The molecular formula is C18H22N4O3. The van der Waals surface area contributed by atoms with E-state index in [1.54, 1.807) is 0 Å². The van der Waals surface area contributed by atoms with Crippen LogP contribution in [-0.4, -0.2) is 28.8 Å². The van der Waals surface area contributed by atoms with E-state index in [0.717, 1.165) is 42.7 Å². The number of nitrogens with one attached hydrogen (secondary N) is 2. The summed E-state index contributed by atoms with van der Waals surface area (Å²) in [6, 6.07) is 5.98. The van der Waals surface area contributed by atoms with Crippen molar-refractivity contribution in [3.05, 3.63) is 29.7 Å². The number of carbonyl (C=O) groups excluding carboxylic acids is 1. The first-order valence-electron chi connectivity index (χ1n) is 8.91. The van der Waals surface area contributed by atoms with Gasteiger partial charge in [-0.15, -0.1) is 0 Å². The largest absolute Gasteiger partial charge is 0.493 e. The Hall–Kier alpha value is -2.57. The lowest BCUT2D eigenvalue weighted by molar-refractivity contribution is 0.230. The zero-order valence-corrected chi connectivity index (χ0v) is 14.1. The molecule has 0 radical (unpaired) electrons. The van der Waals surface area contributed by atoms with Gasteiger partial charge in [0.05, 0.1) is 13.2 Å². The fraction of sp³-hybridized carbons (Fsp3) is 0.500. The topological polar surface area (TPSA) is 89.3 Å². The van der Waals surface area contributed by atoms with Gasteiger partial charge in [0.1, 0.15) is 5.75 Å². The number of carbonyl (C=O) groups is 1. The van der Waals surface area contributed by atoms with Crippen molar-refractivity contribution in [1.29, 1.82) is 0 Å². The van der Waals surface area contributed by atoms with Crippen LogP contribution in [0, 0.1) is 0 Å². The SMILES string of the molecule is O=C(NCc1nc(-c2ccc3c(c2)CCO3)no1)NC1CCCCC1. The van der Waals surface area contributed by atoms with E-state index in [0.29, 0.717) is 11.7 Å². The monoisotopic (exact) mass is 342 g/mol. The maximum atomic E-state index is 12.0. The van der Waals surface area contributed by atoms with Gasteiger partial charge in [-0.1, -0.05) is 24.4 Å². The summed E-state index contributed by atoms with van der Waals surface area (Å²) in [6.45, 7) is 0.940. The van der Waals surface area contributed by atoms with Crippen LogP contribution in [0.15, 0.2) is 22.7 Å². The third-order valence-electron chi connectivity index (χ3n) is 4.76.